The third-order valence-corrected chi connectivity index (χ3v) is 3.73. The van der Waals surface area contributed by atoms with Crippen molar-refractivity contribution in [3.8, 4) is 11.4 Å². The van der Waals surface area contributed by atoms with Crippen molar-refractivity contribution in [1.82, 2.24) is 15.3 Å². The monoisotopic (exact) mass is 291 g/mol. The molecule has 0 spiro atoms. The Labute approximate surface area is 122 Å². The molecule has 0 unspecified atom stereocenters. The van der Waals surface area contributed by atoms with Crippen molar-refractivity contribution in [3.05, 3.63) is 46.0 Å². The quantitative estimate of drug-likeness (QED) is 0.940. The number of benzene rings is 1. The van der Waals surface area contributed by atoms with Gasteiger partial charge in [-0.15, -0.1) is 0 Å². The Hall–Kier alpha value is -1.52. The average molecular weight is 292 g/mol. The molecular formula is C15H15ClFN3. The second-order valence-corrected chi connectivity index (χ2v) is 5.31. The Bertz CT molecular complexity index is 658. The van der Waals surface area contributed by atoms with Crippen molar-refractivity contribution in [2.24, 2.45) is 0 Å². The molecule has 0 saturated heterocycles. The fraction of sp³-hybridized carbons (Fsp3) is 0.333. The molecule has 0 saturated carbocycles. The minimum atomic E-state index is -0.424. The number of hydrogen-bond donors (Lipinski definition) is 1. The van der Waals surface area contributed by atoms with Gasteiger partial charge in [0.2, 0.25) is 0 Å². The van der Waals surface area contributed by atoms with Gasteiger partial charge in [0, 0.05) is 29.9 Å². The first-order valence-corrected chi connectivity index (χ1v) is 7.11. The molecule has 3 rings (SSSR count). The molecule has 1 aromatic carbocycles. The molecule has 1 aliphatic heterocycles. The van der Waals surface area contributed by atoms with E-state index in [-0.39, 0.29) is 5.02 Å². The van der Waals surface area contributed by atoms with Gasteiger partial charge in [0.15, 0.2) is 5.82 Å². The molecule has 0 aliphatic carbocycles. The Morgan fingerprint density at radius 1 is 1.30 bits per heavy atom. The smallest absolute Gasteiger partial charge is 0.159 e. The van der Waals surface area contributed by atoms with Crippen LogP contribution in [0.15, 0.2) is 18.2 Å². The average Bonchev–Trinajstić information content (AvgIpc) is 2.90. The van der Waals surface area contributed by atoms with Gasteiger partial charge >= 0.3 is 0 Å². The van der Waals surface area contributed by atoms with E-state index < -0.39 is 5.82 Å². The fourth-order valence-electron chi connectivity index (χ4n) is 2.45. The van der Waals surface area contributed by atoms with E-state index in [1.54, 1.807) is 12.1 Å². The van der Waals surface area contributed by atoms with Gasteiger partial charge < -0.3 is 5.32 Å². The number of nitrogens with one attached hydrogen (secondary N) is 1. The van der Waals surface area contributed by atoms with Gasteiger partial charge in [-0.2, -0.15) is 0 Å². The van der Waals surface area contributed by atoms with Gasteiger partial charge in [0.25, 0.3) is 0 Å². The van der Waals surface area contributed by atoms with Crippen LogP contribution >= 0.6 is 11.6 Å². The van der Waals surface area contributed by atoms with Crippen LogP contribution in [0.1, 0.15) is 30.3 Å². The van der Waals surface area contributed by atoms with E-state index in [1.807, 2.05) is 0 Å². The van der Waals surface area contributed by atoms with Gasteiger partial charge in [-0.3, -0.25) is 0 Å². The highest BCUT2D eigenvalue weighted by atomic mass is 35.5. The molecule has 3 nitrogen and oxygen atoms in total. The van der Waals surface area contributed by atoms with E-state index >= 15 is 0 Å². The summed E-state index contributed by atoms with van der Waals surface area (Å²) in [5.74, 6) is 0.199. The second-order valence-electron chi connectivity index (χ2n) is 4.90. The van der Waals surface area contributed by atoms with Crippen LogP contribution in [0.4, 0.5) is 4.39 Å². The minimum Gasteiger partial charge on any atom is -0.307 e. The van der Waals surface area contributed by atoms with E-state index in [9.17, 15) is 4.39 Å². The maximum atomic E-state index is 13.3. The zero-order valence-corrected chi connectivity index (χ0v) is 12.0. The molecule has 1 aliphatic rings. The molecule has 1 N–H and O–H groups in total. The van der Waals surface area contributed by atoms with Crippen LogP contribution in [-0.4, -0.2) is 9.97 Å². The van der Waals surface area contributed by atoms with Crippen molar-refractivity contribution in [1.29, 1.82) is 0 Å². The predicted molar refractivity (Wildman–Crippen MR) is 77.0 cm³/mol. The lowest BCUT2D eigenvalue weighted by Gasteiger charge is -2.09. The molecule has 1 aromatic heterocycles. The SMILES string of the molecule is CCCc1nc(-c2ccc(F)c(Cl)c2)nc2c1CNC2. The Balaban J connectivity index is 2.09. The largest absolute Gasteiger partial charge is 0.307 e. The van der Waals surface area contributed by atoms with Crippen molar-refractivity contribution in [2.45, 2.75) is 32.9 Å². The van der Waals surface area contributed by atoms with Crippen LogP contribution in [0.5, 0.6) is 0 Å². The number of aryl methyl sites for hydroxylation is 1. The van der Waals surface area contributed by atoms with Crippen LogP contribution in [0, 0.1) is 5.82 Å². The normalized spacial score (nSPS) is 13.6. The third-order valence-electron chi connectivity index (χ3n) is 3.44. The van der Waals surface area contributed by atoms with Gasteiger partial charge in [-0.05, 0) is 24.6 Å². The molecule has 0 atom stereocenters. The number of halogens is 2. The van der Waals surface area contributed by atoms with Crippen LogP contribution in [0.2, 0.25) is 5.02 Å². The zero-order valence-electron chi connectivity index (χ0n) is 11.2. The Morgan fingerprint density at radius 2 is 2.15 bits per heavy atom. The van der Waals surface area contributed by atoms with Crippen molar-refractivity contribution >= 4 is 11.6 Å². The lowest BCUT2D eigenvalue weighted by Crippen LogP contribution is -2.03. The number of rotatable bonds is 3. The molecule has 0 amide bonds. The Morgan fingerprint density at radius 3 is 2.90 bits per heavy atom. The van der Waals surface area contributed by atoms with Gasteiger partial charge in [-0.25, -0.2) is 14.4 Å². The van der Waals surface area contributed by atoms with E-state index in [0.717, 1.165) is 42.9 Å². The second kappa shape index (κ2) is 5.46. The van der Waals surface area contributed by atoms with Gasteiger partial charge in [0.1, 0.15) is 5.82 Å². The fourth-order valence-corrected chi connectivity index (χ4v) is 2.63. The first kappa shape index (κ1) is 13.5. The number of hydrogen-bond acceptors (Lipinski definition) is 3. The summed E-state index contributed by atoms with van der Waals surface area (Å²) in [6, 6.07) is 4.60. The lowest BCUT2D eigenvalue weighted by molar-refractivity contribution is 0.628. The first-order valence-electron chi connectivity index (χ1n) is 6.74. The minimum absolute atomic E-state index is 0.0989. The van der Waals surface area contributed by atoms with E-state index in [0.29, 0.717) is 5.82 Å². The maximum Gasteiger partial charge on any atom is 0.159 e. The lowest BCUT2D eigenvalue weighted by atomic mass is 10.1. The van der Waals surface area contributed by atoms with Crippen molar-refractivity contribution in [2.75, 3.05) is 0 Å². The van der Waals surface area contributed by atoms with Crippen LogP contribution < -0.4 is 5.32 Å². The molecule has 0 fully saturated rings. The summed E-state index contributed by atoms with van der Waals surface area (Å²) in [5, 5.41) is 3.40. The summed E-state index contributed by atoms with van der Waals surface area (Å²) < 4.78 is 13.3. The highest BCUT2D eigenvalue weighted by Crippen LogP contribution is 2.26. The molecule has 0 radical (unpaired) electrons. The van der Waals surface area contributed by atoms with Gasteiger partial charge in [-0.1, -0.05) is 24.9 Å². The van der Waals surface area contributed by atoms with E-state index in [4.69, 9.17) is 11.6 Å². The Kier molecular flexibility index (Phi) is 3.68. The third kappa shape index (κ3) is 2.41. The summed E-state index contributed by atoms with van der Waals surface area (Å²) in [4.78, 5) is 9.23. The standard InChI is InChI=1S/C15H15ClFN3/c1-2-3-13-10-7-18-8-14(10)20-15(19-13)9-4-5-12(17)11(16)6-9/h4-6,18H,2-3,7-8H2,1H3. The van der Waals surface area contributed by atoms with Gasteiger partial charge in [0.05, 0.1) is 10.7 Å². The molecule has 104 valence electrons. The molecule has 5 heteroatoms. The van der Waals surface area contributed by atoms with E-state index in [2.05, 4.69) is 22.2 Å². The topological polar surface area (TPSA) is 37.8 Å². The highest BCUT2D eigenvalue weighted by molar-refractivity contribution is 6.31. The summed E-state index contributed by atoms with van der Waals surface area (Å²) in [6.45, 7) is 3.72. The van der Waals surface area contributed by atoms with Crippen molar-refractivity contribution < 1.29 is 4.39 Å². The van der Waals surface area contributed by atoms with Crippen LogP contribution in [0.3, 0.4) is 0 Å². The molecule has 2 heterocycles. The number of nitrogens with zero attached hydrogens (tertiary/aromatic N) is 2. The number of aromatic nitrogens is 2. The first-order chi connectivity index (χ1) is 9.69. The highest BCUT2D eigenvalue weighted by Gasteiger charge is 2.19. The summed E-state index contributed by atoms with van der Waals surface area (Å²) in [6.07, 6.45) is 1.96. The van der Waals surface area contributed by atoms with Crippen LogP contribution in [-0.2, 0) is 19.5 Å². The maximum absolute atomic E-state index is 13.3. The summed E-state index contributed by atoms with van der Waals surface area (Å²) in [7, 11) is 0. The summed E-state index contributed by atoms with van der Waals surface area (Å²) >= 11 is 5.84. The molecule has 20 heavy (non-hydrogen) atoms. The molecule has 0 bridgehead atoms. The van der Waals surface area contributed by atoms with E-state index in [1.165, 1.54) is 11.6 Å². The summed E-state index contributed by atoms with van der Waals surface area (Å²) in [5.41, 5.74) is 4.09. The number of fused-ring (bicyclic) bond motifs is 1. The zero-order chi connectivity index (χ0) is 14.1. The van der Waals surface area contributed by atoms with Crippen LogP contribution in [0.25, 0.3) is 11.4 Å². The molecular weight excluding hydrogens is 277 g/mol. The molecule has 2 aromatic rings. The predicted octanol–water partition coefficient (Wildman–Crippen LogP) is 3.49. The van der Waals surface area contributed by atoms with Crippen molar-refractivity contribution in [3.63, 3.8) is 0 Å².